The first-order chi connectivity index (χ1) is 11.8. The second-order valence-electron chi connectivity index (χ2n) is 5.68. The van der Waals surface area contributed by atoms with E-state index in [1.807, 2.05) is 23.1 Å². The van der Waals surface area contributed by atoms with Crippen LogP contribution in [-0.2, 0) is 12.8 Å². The molecule has 0 saturated heterocycles. The molecule has 24 heavy (non-hydrogen) atoms. The smallest absolute Gasteiger partial charge is 0.273 e. The quantitative estimate of drug-likeness (QED) is 0.722. The Hall–Kier alpha value is -2.60. The number of aromatic nitrogens is 3. The summed E-state index contributed by atoms with van der Waals surface area (Å²) < 4.78 is 0. The van der Waals surface area contributed by atoms with Crippen molar-refractivity contribution in [3.8, 4) is 11.3 Å². The lowest BCUT2D eigenvalue weighted by atomic mass is 10.0. The Bertz CT molecular complexity index is 849. The topological polar surface area (TPSA) is 59.0 Å². The van der Waals surface area contributed by atoms with Crippen molar-refractivity contribution in [1.29, 1.82) is 0 Å². The van der Waals surface area contributed by atoms with E-state index in [0.29, 0.717) is 18.8 Å². The molecule has 0 saturated carbocycles. The number of amides is 1. The van der Waals surface area contributed by atoms with Crippen LogP contribution in [0.25, 0.3) is 11.3 Å². The van der Waals surface area contributed by atoms with Crippen LogP contribution in [0.4, 0.5) is 0 Å². The third-order valence-corrected chi connectivity index (χ3v) is 4.86. The molecular weight excluding hydrogens is 320 g/mol. The van der Waals surface area contributed by atoms with Gasteiger partial charge in [-0.05, 0) is 6.42 Å². The summed E-state index contributed by atoms with van der Waals surface area (Å²) in [6, 6.07) is 10.1. The Morgan fingerprint density at radius 3 is 2.67 bits per heavy atom. The van der Waals surface area contributed by atoms with Crippen molar-refractivity contribution in [1.82, 2.24) is 19.9 Å². The predicted molar refractivity (Wildman–Crippen MR) is 92.9 cm³/mol. The number of hydrogen-bond acceptors (Lipinski definition) is 5. The summed E-state index contributed by atoms with van der Waals surface area (Å²) in [6.45, 7) is 1.32. The Morgan fingerprint density at radius 2 is 1.88 bits per heavy atom. The molecule has 0 atom stereocenters. The van der Waals surface area contributed by atoms with Crippen LogP contribution in [0.5, 0.6) is 0 Å². The number of carbonyl (C=O) groups is 1. The largest absolute Gasteiger partial charge is 0.337 e. The lowest BCUT2D eigenvalue weighted by Gasteiger charge is -2.18. The molecule has 1 amide bonds. The third kappa shape index (κ3) is 2.80. The number of thiazole rings is 1. The van der Waals surface area contributed by atoms with Crippen LogP contribution in [-0.4, -0.2) is 38.8 Å². The highest BCUT2D eigenvalue weighted by Crippen LogP contribution is 2.25. The highest BCUT2D eigenvalue weighted by Gasteiger charge is 2.23. The first kappa shape index (κ1) is 15.0. The van der Waals surface area contributed by atoms with E-state index in [4.69, 9.17) is 0 Å². The number of fused-ring (bicyclic) bond motifs is 1. The second kappa shape index (κ2) is 6.49. The van der Waals surface area contributed by atoms with E-state index >= 15 is 0 Å². The molecule has 0 fully saturated rings. The van der Waals surface area contributed by atoms with Crippen molar-refractivity contribution in [2.24, 2.45) is 0 Å². The highest BCUT2D eigenvalue weighted by molar-refractivity contribution is 7.07. The van der Waals surface area contributed by atoms with Crippen LogP contribution in [0.2, 0.25) is 0 Å². The van der Waals surface area contributed by atoms with E-state index in [0.717, 1.165) is 35.4 Å². The molecule has 0 N–H and O–H groups in total. The van der Waals surface area contributed by atoms with Gasteiger partial charge in [-0.25, -0.2) is 15.0 Å². The number of hydrogen-bond donors (Lipinski definition) is 0. The minimum absolute atomic E-state index is 0.00160. The Morgan fingerprint density at radius 1 is 1.04 bits per heavy atom. The van der Waals surface area contributed by atoms with Crippen molar-refractivity contribution in [2.75, 3.05) is 13.1 Å². The molecule has 0 spiro atoms. The Kier molecular flexibility index (Phi) is 4.04. The van der Waals surface area contributed by atoms with Gasteiger partial charge in [0.2, 0.25) is 0 Å². The zero-order valence-electron chi connectivity index (χ0n) is 13.1. The first-order valence-electron chi connectivity index (χ1n) is 7.88. The molecule has 0 aliphatic carbocycles. The van der Waals surface area contributed by atoms with Crippen LogP contribution in [0, 0.1) is 0 Å². The van der Waals surface area contributed by atoms with Gasteiger partial charge in [-0.3, -0.25) is 4.79 Å². The van der Waals surface area contributed by atoms with Crippen LogP contribution in [0.3, 0.4) is 0 Å². The van der Waals surface area contributed by atoms with E-state index < -0.39 is 0 Å². The van der Waals surface area contributed by atoms with Crippen molar-refractivity contribution in [3.63, 3.8) is 0 Å². The Balaban J connectivity index is 1.63. The average Bonchev–Trinajstić information content (AvgIpc) is 3.08. The van der Waals surface area contributed by atoms with Crippen molar-refractivity contribution in [3.05, 3.63) is 64.5 Å². The van der Waals surface area contributed by atoms with Crippen molar-refractivity contribution >= 4 is 17.2 Å². The van der Waals surface area contributed by atoms with Gasteiger partial charge in [-0.1, -0.05) is 30.3 Å². The fourth-order valence-electron chi connectivity index (χ4n) is 3.05. The van der Waals surface area contributed by atoms with Crippen LogP contribution < -0.4 is 0 Å². The van der Waals surface area contributed by atoms with Crippen LogP contribution in [0.15, 0.2) is 47.5 Å². The fourth-order valence-corrected chi connectivity index (χ4v) is 3.58. The van der Waals surface area contributed by atoms with Gasteiger partial charge < -0.3 is 4.90 Å². The molecule has 0 radical (unpaired) electrons. The molecule has 1 aromatic carbocycles. The molecule has 120 valence electrons. The van der Waals surface area contributed by atoms with Gasteiger partial charge in [-0.15, -0.1) is 11.3 Å². The van der Waals surface area contributed by atoms with Gasteiger partial charge in [0.15, 0.2) is 0 Å². The zero-order chi connectivity index (χ0) is 16.4. The molecule has 5 nitrogen and oxygen atoms in total. The molecule has 4 rings (SSSR count). The number of nitrogens with zero attached hydrogens (tertiary/aromatic N) is 4. The normalized spacial score (nSPS) is 14.1. The minimum Gasteiger partial charge on any atom is -0.337 e. The van der Waals surface area contributed by atoms with E-state index in [-0.39, 0.29) is 5.91 Å². The summed E-state index contributed by atoms with van der Waals surface area (Å²) in [6.07, 6.45) is 3.13. The summed E-state index contributed by atoms with van der Waals surface area (Å²) >= 11 is 1.44. The molecule has 0 bridgehead atoms. The SMILES string of the molecule is O=C(c1cscn1)N1CCc2ncnc(-c3ccccc3)c2CC1. The third-order valence-electron chi connectivity index (χ3n) is 4.27. The summed E-state index contributed by atoms with van der Waals surface area (Å²) in [7, 11) is 0. The molecule has 3 aromatic rings. The molecular formula is C18H16N4OS. The second-order valence-corrected chi connectivity index (χ2v) is 6.40. The number of carbonyl (C=O) groups excluding carboxylic acids is 1. The highest BCUT2D eigenvalue weighted by atomic mass is 32.1. The van der Waals surface area contributed by atoms with Crippen molar-refractivity contribution in [2.45, 2.75) is 12.8 Å². The summed E-state index contributed by atoms with van der Waals surface area (Å²) in [5, 5.41) is 1.80. The number of benzene rings is 1. The summed E-state index contributed by atoms with van der Waals surface area (Å²) in [4.78, 5) is 27.5. The lowest BCUT2D eigenvalue weighted by Crippen LogP contribution is -2.33. The Labute approximate surface area is 144 Å². The van der Waals surface area contributed by atoms with Crippen molar-refractivity contribution < 1.29 is 4.79 Å². The summed E-state index contributed by atoms with van der Waals surface area (Å²) in [5.41, 5.74) is 6.48. The van der Waals surface area contributed by atoms with E-state index in [1.165, 1.54) is 11.3 Å². The van der Waals surface area contributed by atoms with E-state index in [9.17, 15) is 4.79 Å². The fraction of sp³-hybridized carbons (Fsp3) is 0.222. The van der Waals surface area contributed by atoms with E-state index in [1.54, 1.807) is 17.2 Å². The van der Waals surface area contributed by atoms with Gasteiger partial charge in [0, 0.05) is 41.7 Å². The monoisotopic (exact) mass is 336 g/mol. The molecule has 0 unspecified atom stereocenters. The molecule has 6 heteroatoms. The maximum absolute atomic E-state index is 12.6. The number of rotatable bonds is 2. The van der Waals surface area contributed by atoms with Gasteiger partial charge in [0.1, 0.15) is 12.0 Å². The maximum atomic E-state index is 12.6. The standard InChI is InChI=1S/C18H16N4OS/c23-18(16-10-24-12-21-16)22-8-6-14-15(7-9-22)19-11-20-17(14)13-4-2-1-3-5-13/h1-5,10-12H,6-9H2. The lowest BCUT2D eigenvalue weighted by molar-refractivity contribution is 0.0758. The van der Waals surface area contributed by atoms with Gasteiger partial charge in [-0.2, -0.15) is 0 Å². The molecule has 2 aromatic heterocycles. The minimum atomic E-state index is -0.00160. The molecule has 1 aliphatic rings. The molecule has 1 aliphatic heterocycles. The van der Waals surface area contributed by atoms with Gasteiger partial charge >= 0.3 is 0 Å². The van der Waals surface area contributed by atoms with Gasteiger partial charge in [0.05, 0.1) is 11.2 Å². The molecule has 3 heterocycles. The van der Waals surface area contributed by atoms with E-state index in [2.05, 4.69) is 27.1 Å². The van der Waals surface area contributed by atoms with Crippen LogP contribution in [0.1, 0.15) is 21.7 Å². The van der Waals surface area contributed by atoms with Crippen LogP contribution >= 0.6 is 11.3 Å². The van der Waals surface area contributed by atoms with Gasteiger partial charge in [0.25, 0.3) is 5.91 Å². The zero-order valence-corrected chi connectivity index (χ0v) is 13.9. The predicted octanol–water partition coefficient (Wildman–Crippen LogP) is 2.84. The first-order valence-corrected chi connectivity index (χ1v) is 8.83. The average molecular weight is 336 g/mol. The summed E-state index contributed by atoms with van der Waals surface area (Å²) in [5.74, 6) is -0.00160. The maximum Gasteiger partial charge on any atom is 0.273 e.